The van der Waals surface area contributed by atoms with E-state index in [9.17, 15) is 13.2 Å². The number of nitrogens with zero attached hydrogens (tertiary/aromatic N) is 1. The zero-order valence-electron chi connectivity index (χ0n) is 12.6. The van der Waals surface area contributed by atoms with Crippen molar-refractivity contribution in [2.24, 2.45) is 0 Å². The highest BCUT2D eigenvalue weighted by Gasteiger charge is 2.21. The number of sulfone groups is 1. The van der Waals surface area contributed by atoms with Crippen molar-refractivity contribution in [2.45, 2.75) is 30.7 Å². The normalized spacial score (nSPS) is 19.2. The number of piperazine rings is 1. The van der Waals surface area contributed by atoms with Gasteiger partial charge in [-0.15, -0.1) is 0 Å². The number of rotatable bonds is 5. The van der Waals surface area contributed by atoms with E-state index in [0.29, 0.717) is 30.4 Å². The summed E-state index contributed by atoms with van der Waals surface area (Å²) in [6.07, 6.45) is 0.637. The van der Waals surface area contributed by atoms with Gasteiger partial charge in [-0.2, -0.15) is 0 Å². The molecule has 1 aliphatic heterocycles. The van der Waals surface area contributed by atoms with Crippen molar-refractivity contribution in [1.29, 1.82) is 0 Å². The second-order valence-corrected chi connectivity index (χ2v) is 8.60. The van der Waals surface area contributed by atoms with Crippen molar-refractivity contribution in [2.75, 3.05) is 25.4 Å². The third-order valence-electron chi connectivity index (χ3n) is 3.70. The summed E-state index contributed by atoms with van der Waals surface area (Å²) in [7, 11) is -3.32. The average molecular weight is 389 g/mol. The molecule has 1 aromatic rings. The highest BCUT2D eigenvalue weighted by molar-refractivity contribution is 9.10. The van der Waals surface area contributed by atoms with E-state index in [1.165, 1.54) is 0 Å². The Bertz CT molecular complexity index is 616. The highest BCUT2D eigenvalue weighted by atomic mass is 79.9. The Hall–Kier alpha value is -0.920. The molecule has 1 fully saturated rings. The number of carbonyl (C=O) groups is 1. The molecule has 0 aromatic heterocycles. The minimum absolute atomic E-state index is 0.00200. The van der Waals surface area contributed by atoms with E-state index in [2.05, 4.69) is 21.2 Å². The van der Waals surface area contributed by atoms with Crippen LogP contribution in [0.15, 0.2) is 33.6 Å². The van der Waals surface area contributed by atoms with Gasteiger partial charge in [0.15, 0.2) is 9.84 Å². The lowest BCUT2D eigenvalue weighted by Gasteiger charge is -2.32. The minimum atomic E-state index is -3.32. The van der Waals surface area contributed by atoms with Gasteiger partial charge in [-0.1, -0.05) is 15.9 Å². The molecule has 0 unspecified atom stereocenters. The molecule has 0 radical (unpaired) electrons. The Morgan fingerprint density at radius 1 is 1.36 bits per heavy atom. The fourth-order valence-electron chi connectivity index (χ4n) is 2.49. The maximum absolute atomic E-state index is 12.2. The first-order chi connectivity index (χ1) is 10.4. The van der Waals surface area contributed by atoms with Gasteiger partial charge in [0.25, 0.3) is 0 Å². The zero-order chi connectivity index (χ0) is 16.2. The number of amides is 1. The van der Waals surface area contributed by atoms with Crippen molar-refractivity contribution in [1.82, 2.24) is 10.2 Å². The monoisotopic (exact) mass is 388 g/mol. The molecule has 0 bridgehead atoms. The Morgan fingerprint density at radius 2 is 2.05 bits per heavy atom. The molecule has 122 valence electrons. The van der Waals surface area contributed by atoms with Gasteiger partial charge in [-0.05, 0) is 37.6 Å². The minimum Gasteiger partial charge on any atom is -0.340 e. The van der Waals surface area contributed by atoms with E-state index >= 15 is 0 Å². The van der Waals surface area contributed by atoms with Crippen molar-refractivity contribution >= 4 is 31.7 Å². The van der Waals surface area contributed by atoms with E-state index in [4.69, 9.17) is 0 Å². The maximum Gasteiger partial charge on any atom is 0.222 e. The zero-order valence-corrected chi connectivity index (χ0v) is 15.0. The van der Waals surface area contributed by atoms with Crippen LogP contribution in [-0.2, 0) is 14.6 Å². The van der Waals surface area contributed by atoms with Gasteiger partial charge in [0.1, 0.15) is 0 Å². The predicted octanol–water partition coefficient (Wildman–Crippen LogP) is 1.82. The van der Waals surface area contributed by atoms with Crippen LogP contribution in [0.25, 0.3) is 0 Å². The second kappa shape index (κ2) is 7.57. The predicted molar refractivity (Wildman–Crippen MR) is 89.5 cm³/mol. The van der Waals surface area contributed by atoms with Crippen LogP contribution in [0.5, 0.6) is 0 Å². The fourth-order valence-corrected chi connectivity index (χ4v) is 4.07. The largest absolute Gasteiger partial charge is 0.340 e. The number of benzene rings is 1. The molecule has 2 rings (SSSR count). The molecule has 1 saturated heterocycles. The molecule has 1 N–H and O–H groups in total. The lowest BCUT2D eigenvalue weighted by Crippen LogP contribution is -2.51. The summed E-state index contributed by atoms with van der Waals surface area (Å²) in [5.41, 5.74) is 0. The standard InChI is InChI=1S/C15H21BrN2O3S/c1-12-11-18(9-8-17-12)15(19)3-2-10-22(20,21)14-6-4-13(16)5-7-14/h4-7,12,17H,2-3,8-11H2,1H3/t12-/m0/s1. The summed E-state index contributed by atoms with van der Waals surface area (Å²) in [6.45, 7) is 4.22. The van der Waals surface area contributed by atoms with E-state index in [0.717, 1.165) is 11.0 Å². The number of carbonyl (C=O) groups excluding carboxylic acids is 1. The number of nitrogens with one attached hydrogen (secondary N) is 1. The van der Waals surface area contributed by atoms with E-state index < -0.39 is 9.84 Å². The van der Waals surface area contributed by atoms with Gasteiger partial charge in [-0.25, -0.2) is 8.42 Å². The van der Waals surface area contributed by atoms with E-state index in [1.54, 1.807) is 24.3 Å². The number of hydrogen-bond acceptors (Lipinski definition) is 4. The highest BCUT2D eigenvalue weighted by Crippen LogP contribution is 2.17. The van der Waals surface area contributed by atoms with Crippen LogP contribution in [-0.4, -0.2) is 50.7 Å². The summed E-state index contributed by atoms with van der Waals surface area (Å²) in [6, 6.07) is 6.88. The molecule has 0 saturated carbocycles. The van der Waals surface area contributed by atoms with Gasteiger partial charge in [-0.3, -0.25) is 4.79 Å². The quantitative estimate of drug-likeness (QED) is 0.835. The third-order valence-corrected chi connectivity index (χ3v) is 6.04. The van der Waals surface area contributed by atoms with Crippen LogP contribution in [0.1, 0.15) is 19.8 Å². The Labute approximate surface area is 140 Å². The Balaban J connectivity index is 1.84. The number of halogens is 1. The van der Waals surface area contributed by atoms with Crippen molar-refractivity contribution in [3.63, 3.8) is 0 Å². The molecular formula is C15H21BrN2O3S. The first-order valence-corrected chi connectivity index (χ1v) is 9.82. The summed E-state index contributed by atoms with van der Waals surface area (Å²) in [4.78, 5) is 14.2. The Morgan fingerprint density at radius 3 is 2.68 bits per heavy atom. The van der Waals surface area contributed by atoms with Gasteiger partial charge < -0.3 is 10.2 Å². The first-order valence-electron chi connectivity index (χ1n) is 7.38. The molecule has 0 aliphatic carbocycles. The molecular weight excluding hydrogens is 368 g/mol. The summed E-state index contributed by atoms with van der Waals surface area (Å²) < 4.78 is 25.2. The van der Waals surface area contributed by atoms with E-state index in [-0.39, 0.29) is 18.1 Å². The molecule has 1 amide bonds. The summed E-state index contributed by atoms with van der Waals surface area (Å²) in [5.74, 6) is 0.0431. The van der Waals surface area contributed by atoms with E-state index in [1.807, 2.05) is 11.8 Å². The van der Waals surface area contributed by atoms with Crippen molar-refractivity contribution in [3.05, 3.63) is 28.7 Å². The lowest BCUT2D eigenvalue weighted by molar-refractivity contribution is -0.132. The first kappa shape index (κ1) is 17.4. The van der Waals surface area contributed by atoms with Gasteiger partial charge in [0, 0.05) is 36.6 Å². The third kappa shape index (κ3) is 4.79. The topological polar surface area (TPSA) is 66.5 Å². The summed E-state index contributed by atoms with van der Waals surface area (Å²) >= 11 is 3.28. The molecule has 5 nitrogen and oxygen atoms in total. The number of hydrogen-bond donors (Lipinski definition) is 1. The molecule has 7 heteroatoms. The molecule has 1 aromatic carbocycles. The molecule has 1 atom stereocenters. The summed E-state index contributed by atoms with van der Waals surface area (Å²) in [5, 5.41) is 3.28. The molecule has 0 spiro atoms. The Kier molecular flexibility index (Phi) is 6.00. The molecule has 1 heterocycles. The van der Waals surface area contributed by atoms with Crippen LogP contribution < -0.4 is 5.32 Å². The SMILES string of the molecule is C[C@H]1CN(C(=O)CCCS(=O)(=O)c2ccc(Br)cc2)CCN1. The van der Waals surface area contributed by atoms with Gasteiger partial charge in [0.2, 0.25) is 5.91 Å². The second-order valence-electron chi connectivity index (χ2n) is 5.57. The van der Waals surface area contributed by atoms with Crippen LogP contribution >= 0.6 is 15.9 Å². The van der Waals surface area contributed by atoms with Crippen molar-refractivity contribution < 1.29 is 13.2 Å². The molecule has 22 heavy (non-hydrogen) atoms. The molecule has 1 aliphatic rings. The average Bonchev–Trinajstić information content (AvgIpc) is 2.47. The van der Waals surface area contributed by atoms with Gasteiger partial charge in [0.05, 0.1) is 10.6 Å². The van der Waals surface area contributed by atoms with Crippen LogP contribution in [0.2, 0.25) is 0 Å². The fraction of sp³-hybridized carbons (Fsp3) is 0.533. The van der Waals surface area contributed by atoms with Crippen LogP contribution in [0.3, 0.4) is 0 Å². The van der Waals surface area contributed by atoms with Crippen molar-refractivity contribution in [3.8, 4) is 0 Å². The lowest BCUT2D eigenvalue weighted by atomic mass is 10.2. The van der Waals surface area contributed by atoms with Gasteiger partial charge >= 0.3 is 0 Å². The smallest absolute Gasteiger partial charge is 0.222 e. The van der Waals surface area contributed by atoms with Crippen LogP contribution in [0, 0.1) is 0 Å². The van der Waals surface area contributed by atoms with Crippen LogP contribution in [0.4, 0.5) is 0 Å². The maximum atomic E-state index is 12.2.